The van der Waals surface area contributed by atoms with Crippen molar-refractivity contribution in [3.63, 3.8) is 0 Å². The van der Waals surface area contributed by atoms with Crippen LogP contribution in [0.2, 0.25) is 0 Å². The van der Waals surface area contributed by atoms with Crippen molar-refractivity contribution in [1.82, 2.24) is 26.2 Å². The van der Waals surface area contributed by atoms with E-state index < -0.39 is 78.4 Å². The van der Waals surface area contributed by atoms with Gasteiger partial charge in [0.1, 0.15) is 30.2 Å². The molecule has 0 aromatic heterocycles. The fourth-order valence-electron chi connectivity index (χ4n) is 4.74. The molecule has 1 aliphatic rings. The van der Waals surface area contributed by atoms with Crippen LogP contribution in [0.5, 0.6) is 0 Å². The summed E-state index contributed by atoms with van der Waals surface area (Å²) in [6.45, 7) is 8.62. The number of nitrogens with one attached hydrogen (secondary N) is 4. The Bertz CT molecular complexity index is 975. The SMILES string of the molecule is CC(C)C[C@H](NC(=O)CNC(=O)[C@@H]1CCCN1C(=O)[C@H](CCCCN)NC(=O)[C@@H](NC(=O)[C@@H](N)[C@@H](C)O)C(C)C)C(=O)O. The number of carbonyl (C=O) groups excluding carboxylic acids is 5. The number of carboxylic acids is 1. The maximum atomic E-state index is 13.7. The predicted molar refractivity (Wildman–Crippen MR) is 158 cm³/mol. The van der Waals surface area contributed by atoms with Gasteiger partial charge in [0.05, 0.1) is 12.6 Å². The Morgan fingerprint density at radius 3 is 2.12 bits per heavy atom. The number of amides is 5. The Morgan fingerprint density at radius 2 is 1.58 bits per heavy atom. The zero-order valence-electron chi connectivity index (χ0n) is 25.9. The molecule has 246 valence electrons. The molecule has 1 aliphatic heterocycles. The highest BCUT2D eigenvalue weighted by Gasteiger charge is 2.39. The number of carboxylic acid groups (broad SMARTS) is 1. The summed E-state index contributed by atoms with van der Waals surface area (Å²) in [5, 5.41) is 29.1. The van der Waals surface area contributed by atoms with Gasteiger partial charge in [0, 0.05) is 6.54 Å². The van der Waals surface area contributed by atoms with Gasteiger partial charge in [-0.2, -0.15) is 0 Å². The van der Waals surface area contributed by atoms with Crippen LogP contribution in [0.1, 0.15) is 73.1 Å². The molecule has 0 aromatic rings. The van der Waals surface area contributed by atoms with Crippen LogP contribution in [-0.4, -0.2) is 107 Å². The Kier molecular flexibility index (Phi) is 16.1. The van der Waals surface area contributed by atoms with Crippen LogP contribution in [0.3, 0.4) is 0 Å². The van der Waals surface area contributed by atoms with Gasteiger partial charge in [0.15, 0.2) is 0 Å². The topological polar surface area (TPSA) is 246 Å². The molecule has 0 aromatic carbocycles. The van der Waals surface area contributed by atoms with Crippen molar-refractivity contribution in [3.8, 4) is 0 Å². The zero-order valence-corrected chi connectivity index (χ0v) is 25.9. The number of nitrogens with two attached hydrogens (primary N) is 2. The molecule has 1 rings (SSSR count). The standard InChI is InChI=1S/C28H51N7O8/c1-15(2)13-19(28(42)43)32-21(37)14-31-24(38)20-10-8-12-35(20)27(41)18(9-6-7-11-29)33-26(40)23(16(3)4)34-25(39)22(30)17(5)36/h15-20,22-23,36H,6-14,29-30H2,1-5H3,(H,31,38)(H,32,37)(H,33,40)(H,34,39)(H,42,43)/t17-,18+,19+,20+,22+,23+/m1/s1. The Hall–Kier alpha value is -3.30. The summed E-state index contributed by atoms with van der Waals surface area (Å²) in [4.78, 5) is 77.6. The van der Waals surface area contributed by atoms with Crippen molar-refractivity contribution in [1.29, 1.82) is 0 Å². The second kappa shape index (κ2) is 18.4. The first-order valence-electron chi connectivity index (χ1n) is 14.9. The number of carbonyl (C=O) groups is 6. The molecule has 10 N–H and O–H groups in total. The molecule has 1 fully saturated rings. The predicted octanol–water partition coefficient (Wildman–Crippen LogP) is -1.83. The summed E-state index contributed by atoms with van der Waals surface area (Å²) in [5.41, 5.74) is 11.3. The highest BCUT2D eigenvalue weighted by Crippen LogP contribution is 2.20. The minimum atomic E-state index is -1.24. The molecule has 0 saturated carbocycles. The Balaban J connectivity index is 2.97. The molecule has 0 spiro atoms. The van der Waals surface area contributed by atoms with E-state index in [0.29, 0.717) is 32.2 Å². The van der Waals surface area contributed by atoms with E-state index in [2.05, 4.69) is 21.3 Å². The van der Waals surface area contributed by atoms with Crippen LogP contribution in [0.4, 0.5) is 0 Å². The molecule has 15 heteroatoms. The first-order valence-corrected chi connectivity index (χ1v) is 14.9. The molecule has 1 heterocycles. The summed E-state index contributed by atoms with van der Waals surface area (Å²) < 4.78 is 0. The molecule has 5 amide bonds. The second-order valence-corrected chi connectivity index (χ2v) is 11.8. The largest absolute Gasteiger partial charge is 0.480 e. The number of likely N-dealkylation sites (tertiary alicyclic amines) is 1. The lowest BCUT2D eigenvalue weighted by Gasteiger charge is -2.31. The lowest BCUT2D eigenvalue weighted by molar-refractivity contribution is -0.143. The lowest BCUT2D eigenvalue weighted by atomic mass is 10.0. The van der Waals surface area contributed by atoms with Crippen molar-refractivity contribution in [2.24, 2.45) is 23.3 Å². The molecule has 0 unspecified atom stereocenters. The first kappa shape index (κ1) is 37.7. The minimum absolute atomic E-state index is 0.0289. The lowest BCUT2D eigenvalue weighted by Crippen LogP contribution is -2.59. The van der Waals surface area contributed by atoms with Gasteiger partial charge in [-0.3, -0.25) is 24.0 Å². The number of aliphatic hydroxyl groups is 1. The Morgan fingerprint density at radius 1 is 0.930 bits per heavy atom. The molecule has 1 saturated heterocycles. The van der Waals surface area contributed by atoms with E-state index in [1.165, 1.54) is 11.8 Å². The number of nitrogens with zero attached hydrogens (tertiary/aromatic N) is 1. The van der Waals surface area contributed by atoms with Gasteiger partial charge >= 0.3 is 5.97 Å². The number of aliphatic carboxylic acids is 1. The van der Waals surface area contributed by atoms with E-state index in [9.17, 15) is 39.0 Å². The van der Waals surface area contributed by atoms with Gasteiger partial charge in [-0.15, -0.1) is 0 Å². The fraction of sp³-hybridized carbons (Fsp3) is 0.786. The molecule has 15 nitrogen and oxygen atoms in total. The normalized spacial score (nSPS) is 18.4. The number of hydrogen-bond acceptors (Lipinski definition) is 9. The molecule has 0 radical (unpaired) electrons. The highest BCUT2D eigenvalue weighted by molar-refractivity contribution is 5.96. The molecule has 43 heavy (non-hydrogen) atoms. The van der Waals surface area contributed by atoms with E-state index in [1.807, 2.05) is 13.8 Å². The molecule has 0 bridgehead atoms. The third kappa shape index (κ3) is 12.5. The first-order chi connectivity index (χ1) is 20.1. The van der Waals surface area contributed by atoms with Crippen LogP contribution >= 0.6 is 0 Å². The van der Waals surface area contributed by atoms with Gasteiger partial charge in [-0.05, 0) is 63.8 Å². The van der Waals surface area contributed by atoms with Crippen molar-refractivity contribution in [2.75, 3.05) is 19.6 Å². The van der Waals surface area contributed by atoms with Crippen LogP contribution < -0.4 is 32.7 Å². The number of unbranched alkanes of at least 4 members (excludes halogenated alkanes) is 1. The van der Waals surface area contributed by atoms with Crippen molar-refractivity contribution < 1.29 is 39.0 Å². The van der Waals surface area contributed by atoms with E-state index in [-0.39, 0.29) is 31.2 Å². The van der Waals surface area contributed by atoms with Gasteiger partial charge in [-0.1, -0.05) is 27.7 Å². The maximum absolute atomic E-state index is 13.7. The summed E-state index contributed by atoms with van der Waals surface area (Å²) in [5.74, 6) is -4.56. The summed E-state index contributed by atoms with van der Waals surface area (Å²) >= 11 is 0. The average molecular weight is 614 g/mol. The average Bonchev–Trinajstić information content (AvgIpc) is 3.42. The fourth-order valence-corrected chi connectivity index (χ4v) is 4.74. The van der Waals surface area contributed by atoms with Crippen LogP contribution in [0.25, 0.3) is 0 Å². The van der Waals surface area contributed by atoms with E-state index in [0.717, 1.165) is 0 Å². The summed E-state index contributed by atoms with van der Waals surface area (Å²) in [6, 6.07) is -5.26. The highest BCUT2D eigenvalue weighted by atomic mass is 16.4. The third-order valence-corrected chi connectivity index (χ3v) is 7.23. The minimum Gasteiger partial charge on any atom is -0.480 e. The van der Waals surface area contributed by atoms with Gasteiger partial charge in [0.25, 0.3) is 0 Å². The zero-order chi connectivity index (χ0) is 32.9. The molecular formula is C28H51N7O8. The number of hydrogen-bond donors (Lipinski definition) is 8. The van der Waals surface area contributed by atoms with Gasteiger partial charge in [-0.25, -0.2) is 4.79 Å². The summed E-state index contributed by atoms with van der Waals surface area (Å²) in [6.07, 6.45) is 1.32. The van der Waals surface area contributed by atoms with E-state index in [4.69, 9.17) is 11.5 Å². The number of rotatable bonds is 18. The molecule has 0 aliphatic carbocycles. The van der Waals surface area contributed by atoms with Crippen molar-refractivity contribution in [3.05, 3.63) is 0 Å². The van der Waals surface area contributed by atoms with E-state index >= 15 is 0 Å². The van der Waals surface area contributed by atoms with Crippen LogP contribution in [0, 0.1) is 11.8 Å². The van der Waals surface area contributed by atoms with Crippen LogP contribution in [0.15, 0.2) is 0 Å². The maximum Gasteiger partial charge on any atom is 0.326 e. The van der Waals surface area contributed by atoms with Crippen molar-refractivity contribution >= 4 is 35.5 Å². The molecular weight excluding hydrogens is 562 g/mol. The smallest absolute Gasteiger partial charge is 0.326 e. The summed E-state index contributed by atoms with van der Waals surface area (Å²) in [7, 11) is 0. The Labute approximate surface area is 253 Å². The quantitative estimate of drug-likeness (QED) is 0.0803. The van der Waals surface area contributed by atoms with Crippen molar-refractivity contribution in [2.45, 2.75) is 109 Å². The van der Waals surface area contributed by atoms with Gasteiger partial charge < -0.3 is 47.8 Å². The van der Waals surface area contributed by atoms with Crippen LogP contribution in [-0.2, 0) is 28.8 Å². The number of aliphatic hydroxyl groups excluding tert-OH is 1. The monoisotopic (exact) mass is 613 g/mol. The second-order valence-electron chi connectivity index (χ2n) is 11.8. The van der Waals surface area contributed by atoms with E-state index in [1.54, 1.807) is 13.8 Å². The van der Waals surface area contributed by atoms with Gasteiger partial charge in [0.2, 0.25) is 29.5 Å². The molecule has 6 atom stereocenters. The third-order valence-electron chi connectivity index (χ3n) is 7.23.